The molecule has 3 aromatic rings. The van der Waals surface area contributed by atoms with Crippen molar-refractivity contribution < 1.29 is 22.7 Å². The summed E-state index contributed by atoms with van der Waals surface area (Å²) in [7, 11) is 1.53. The minimum atomic E-state index is -1.62. The van der Waals surface area contributed by atoms with Crippen molar-refractivity contribution in [3.05, 3.63) is 82.7 Å². The average molecular weight is 515 g/mol. The van der Waals surface area contributed by atoms with Gasteiger partial charge in [0.1, 0.15) is 17.5 Å². The van der Waals surface area contributed by atoms with E-state index in [1.54, 1.807) is 24.5 Å². The number of ether oxygens (including phenoxy) is 1. The monoisotopic (exact) mass is 514 g/mol. The van der Waals surface area contributed by atoms with E-state index in [1.807, 2.05) is 23.8 Å². The minimum Gasteiger partial charge on any atom is -0.494 e. The number of methoxy groups -OCH3 is 1. The molecule has 8 nitrogen and oxygen atoms in total. The summed E-state index contributed by atoms with van der Waals surface area (Å²) in [4.78, 5) is 23.0. The van der Waals surface area contributed by atoms with Crippen LogP contribution in [0, 0.1) is 24.4 Å². The van der Waals surface area contributed by atoms with Gasteiger partial charge in [-0.2, -0.15) is 5.10 Å². The van der Waals surface area contributed by atoms with Crippen molar-refractivity contribution in [1.82, 2.24) is 19.9 Å². The number of aromatic nitrogens is 2. The van der Waals surface area contributed by atoms with Crippen molar-refractivity contribution in [1.29, 1.82) is 0 Å². The summed E-state index contributed by atoms with van der Waals surface area (Å²) >= 11 is 6.36. The fraction of sp³-hybridized carbons (Fsp3) is 0.167. The highest BCUT2D eigenvalue weighted by Gasteiger charge is 2.38. The number of hydrazone groups is 1. The predicted molar refractivity (Wildman–Crippen MR) is 127 cm³/mol. The van der Waals surface area contributed by atoms with Crippen LogP contribution < -0.4 is 10.2 Å². The second-order valence-electron chi connectivity index (χ2n) is 8.11. The molecule has 0 radical (unpaired) electrons. The van der Waals surface area contributed by atoms with E-state index in [1.165, 1.54) is 12.0 Å². The second kappa shape index (κ2) is 9.15. The van der Waals surface area contributed by atoms with Gasteiger partial charge < -0.3 is 14.2 Å². The first kappa shape index (κ1) is 23.6. The van der Waals surface area contributed by atoms with Crippen molar-refractivity contribution >= 4 is 34.7 Å². The van der Waals surface area contributed by atoms with Crippen LogP contribution in [-0.2, 0) is 4.79 Å². The van der Waals surface area contributed by atoms with Crippen LogP contribution >= 0.6 is 11.6 Å². The number of carbonyl (C=O) groups is 1. The highest BCUT2D eigenvalue weighted by molar-refractivity contribution is 6.50. The summed E-state index contributed by atoms with van der Waals surface area (Å²) in [6, 6.07) is 5.61. The number of benzene rings is 2. The summed E-state index contributed by atoms with van der Waals surface area (Å²) in [6.07, 6.45) is 5.10. The van der Waals surface area contributed by atoms with Crippen LogP contribution in [0.4, 0.5) is 18.9 Å². The maximum atomic E-state index is 13.9. The lowest BCUT2D eigenvalue weighted by molar-refractivity contribution is -0.126. The third kappa shape index (κ3) is 4.22. The quantitative estimate of drug-likeness (QED) is 0.526. The smallest absolute Gasteiger partial charge is 0.267 e. The van der Waals surface area contributed by atoms with Crippen LogP contribution in [0.5, 0.6) is 5.75 Å². The fourth-order valence-corrected chi connectivity index (χ4v) is 4.31. The highest BCUT2D eigenvalue weighted by Crippen LogP contribution is 2.33. The normalized spacial score (nSPS) is 18.5. The number of fused-ring (bicyclic) bond motifs is 1. The molecule has 0 saturated heterocycles. The van der Waals surface area contributed by atoms with E-state index in [2.05, 4.69) is 20.5 Å². The maximum absolute atomic E-state index is 13.9. The number of hydrogen-bond acceptors (Lipinski definition) is 6. The molecule has 0 saturated carbocycles. The van der Waals surface area contributed by atoms with Crippen molar-refractivity contribution in [2.45, 2.75) is 13.0 Å². The summed E-state index contributed by atoms with van der Waals surface area (Å²) in [5.41, 5.74) is 4.65. The number of nitrogens with one attached hydrogen (secondary N) is 1. The van der Waals surface area contributed by atoms with Crippen LogP contribution in [0.25, 0.3) is 5.69 Å². The van der Waals surface area contributed by atoms with Crippen LogP contribution in [0.2, 0.25) is 0 Å². The van der Waals surface area contributed by atoms with Gasteiger partial charge in [0.05, 0.1) is 37.1 Å². The van der Waals surface area contributed by atoms with E-state index in [4.69, 9.17) is 16.3 Å². The zero-order valence-electron chi connectivity index (χ0n) is 19.0. The summed E-state index contributed by atoms with van der Waals surface area (Å²) in [6.45, 7) is 1.90. The van der Waals surface area contributed by atoms with Crippen molar-refractivity contribution in [3.8, 4) is 11.4 Å². The van der Waals surface area contributed by atoms with Gasteiger partial charge in [-0.3, -0.25) is 4.79 Å². The molecule has 12 heteroatoms. The number of aliphatic imine (C=N–C) groups is 1. The Morgan fingerprint density at radius 1 is 1.19 bits per heavy atom. The average Bonchev–Trinajstić information content (AvgIpc) is 3.27. The number of imidazole rings is 1. The number of aryl methyl sites for hydroxylation is 1. The third-order valence-corrected chi connectivity index (χ3v) is 5.90. The molecule has 2 aromatic carbocycles. The minimum absolute atomic E-state index is 0.0281. The lowest BCUT2D eigenvalue weighted by atomic mass is 10.0. The Kier molecular flexibility index (Phi) is 6.00. The van der Waals surface area contributed by atoms with Crippen LogP contribution in [0.3, 0.4) is 0 Å². The third-order valence-electron chi connectivity index (χ3n) is 5.67. The van der Waals surface area contributed by atoms with Gasteiger partial charge in [0, 0.05) is 17.3 Å². The van der Waals surface area contributed by atoms with E-state index in [9.17, 15) is 18.0 Å². The molecule has 1 amide bonds. The second-order valence-corrected chi connectivity index (χ2v) is 8.59. The van der Waals surface area contributed by atoms with E-state index >= 15 is 0 Å². The number of nitrogens with zero attached hydrogens (tertiary/aromatic N) is 5. The first-order valence-electron chi connectivity index (χ1n) is 10.7. The summed E-state index contributed by atoms with van der Waals surface area (Å²) < 4.78 is 48.7. The zero-order valence-corrected chi connectivity index (χ0v) is 19.7. The van der Waals surface area contributed by atoms with Gasteiger partial charge in [-0.05, 0) is 42.8 Å². The fourth-order valence-electron chi connectivity index (χ4n) is 4.08. The van der Waals surface area contributed by atoms with Gasteiger partial charge in [0.25, 0.3) is 5.91 Å². The lowest BCUT2D eigenvalue weighted by Gasteiger charge is -2.38. The van der Waals surface area contributed by atoms with Gasteiger partial charge in [0.2, 0.25) is 0 Å². The SMILES string of the molecule is COc1cc(N=C2C=C(Cl)CN3C2=NNC(=O)C3c2cc(F)c(F)c(F)c2)ccc1-n1cnc(C)c1. The maximum Gasteiger partial charge on any atom is 0.267 e. The molecule has 0 aliphatic carbocycles. The van der Waals surface area contributed by atoms with Gasteiger partial charge >= 0.3 is 0 Å². The Labute approximate surface area is 208 Å². The molecule has 2 aliphatic heterocycles. The molecule has 1 aromatic heterocycles. The number of amidine groups is 1. The predicted octanol–water partition coefficient (Wildman–Crippen LogP) is 4.30. The van der Waals surface area contributed by atoms with Crippen LogP contribution in [0.1, 0.15) is 17.3 Å². The Balaban J connectivity index is 1.54. The standard InChI is InChI=1S/C24H18ClF3N6O2/c1-12-9-33(11-29-12)19-4-3-15(8-20(19)36-2)30-18-7-14(25)10-34-22(24(35)32-31-23(18)34)13-5-16(26)21(28)17(27)6-13/h3-9,11,22H,10H2,1-2H3,(H,32,35). The van der Waals surface area contributed by atoms with E-state index in [0.717, 1.165) is 23.5 Å². The van der Waals surface area contributed by atoms with Gasteiger partial charge in [-0.25, -0.2) is 28.6 Å². The molecule has 1 atom stereocenters. The summed E-state index contributed by atoms with van der Waals surface area (Å²) in [5, 5.41) is 4.41. The van der Waals surface area contributed by atoms with Crippen LogP contribution in [-0.4, -0.2) is 45.6 Å². The number of hydrogen-bond donors (Lipinski definition) is 1. The van der Waals surface area contributed by atoms with E-state index in [0.29, 0.717) is 22.2 Å². The molecule has 0 bridgehead atoms. The molecular weight excluding hydrogens is 497 g/mol. The molecule has 2 aliphatic rings. The van der Waals surface area contributed by atoms with Crippen molar-refractivity contribution in [2.75, 3.05) is 13.7 Å². The summed E-state index contributed by atoms with van der Waals surface area (Å²) in [5.74, 6) is -4.33. The van der Waals surface area contributed by atoms with Gasteiger partial charge in [-0.1, -0.05) is 11.6 Å². The molecule has 0 spiro atoms. The molecular formula is C24H18ClF3N6O2. The Morgan fingerprint density at radius 3 is 2.61 bits per heavy atom. The van der Waals surface area contributed by atoms with E-state index < -0.39 is 29.4 Å². The zero-order chi connectivity index (χ0) is 25.6. The lowest BCUT2D eigenvalue weighted by Crippen LogP contribution is -2.52. The van der Waals surface area contributed by atoms with Crippen molar-refractivity contribution in [3.63, 3.8) is 0 Å². The number of amides is 1. The Bertz CT molecular complexity index is 1460. The first-order valence-corrected chi connectivity index (χ1v) is 11.1. The largest absolute Gasteiger partial charge is 0.494 e. The Hall–Kier alpha value is -4.12. The van der Waals surface area contributed by atoms with Crippen LogP contribution in [0.15, 0.2) is 64.1 Å². The highest BCUT2D eigenvalue weighted by atomic mass is 35.5. The molecule has 3 heterocycles. The topological polar surface area (TPSA) is 84.1 Å². The number of carbonyl (C=O) groups excluding carboxylic acids is 1. The van der Waals surface area contributed by atoms with Gasteiger partial charge in [0.15, 0.2) is 23.3 Å². The molecule has 1 N–H and O–H groups in total. The molecule has 5 rings (SSSR count). The van der Waals surface area contributed by atoms with Crippen molar-refractivity contribution in [2.24, 2.45) is 10.1 Å². The van der Waals surface area contributed by atoms with Gasteiger partial charge in [-0.15, -0.1) is 0 Å². The molecule has 1 unspecified atom stereocenters. The molecule has 184 valence electrons. The molecule has 36 heavy (non-hydrogen) atoms. The number of halogens is 4. The van der Waals surface area contributed by atoms with E-state index in [-0.39, 0.29) is 17.9 Å². The molecule has 0 fully saturated rings. The Morgan fingerprint density at radius 2 is 1.94 bits per heavy atom. The number of rotatable bonds is 4. The first-order chi connectivity index (χ1) is 17.2.